The highest BCUT2D eigenvalue weighted by molar-refractivity contribution is 5.95. The second-order valence-corrected chi connectivity index (χ2v) is 8.04. The Morgan fingerprint density at radius 3 is 2.77 bits per heavy atom. The van der Waals surface area contributed by atoms with Crippen LogP contribution >= 0.6 is 12.4 Å². The van der Waals surface area contributed by atoms with Crippen LogP contribution in [0.1, 0.15) is 49.9 Å². The summed E-state index contributed by atoms with van der Waals surface area (Å²) in [6, 6.07) is 7.30. The third kappa shape index (κ3) is 5.54. The monoisotopic (exact) mass is 378 g/mol. The van der Waals surface area contributed by atoms with Crippen molar-refractivity contribution in [2.45, 2.75) is 46.1 Å². The van der Waals surface area contributed by atoms with E-state index < -0.39 is 0 Å². The smallest absolute Gasteiger partial charge is 0.251 e. The highest BCUT2D eigenvalue weighted by Crippen LogP contribution is 2.31. The Bertz CT molecular complexity index is 750. The van der Waals surface area contributed by atoms with Crippen LogP contribution in [-0.4, -0.2) is 28.6 Å². The Labute approximate surface area is 160 Å². The molecule has 0 bridgehead atoms. The van der Waals surface area contributed by atoms with E-state index in [1.165, 1.54) is 12.8 Å². The number of nitrogens with one attached hydrogen (secondary N) is 1. The van der Waals surface area contributed by atoms with Gasteiger partial charge in [-0.2, -0.15) is 4.98 Å². The maximum absolute atomic E-state index is 12.3. The quantitative estimate of drug-likeness (QED) is 0.804. The molecule has 1 aliphatic carbocycles. The Morgan fingerprint density at radius 1 is 1.38 bits per heavy atom. The number of hydrogen-bond donors (Lipinski definition) is 2. The van der Waals surface area contributed by atoms with Gasteiger partial charge < -0.3 is 15.6 Å². The van der Waals surface area contributed by atoms with Gasteiger partial charge in [0.05, 0.1) is 0 Å². The Morgan fingerprint density at radius 2 is 2.12 bits per heavy atom. The molecule has 3 rings (SSSR count). The van der Waals surface area contributed by atoms with Gasteiger partial charge in [0.2, 0.25) is 11.7 Å². The van der Waals surface area contributed by atoms with E-state index in [4.69, 9.17) is 10.3 Å². The summed E-state index contributed by atoms with van der Waals surface area (Å²) in [5.74, 6) is 1.54. The standard InChI is InChI=1S/C19H26N4O2.ClH/c1-19(2,3)10-16-22-17(23-25-16)13-5-4-6-14(9-13)18(24)21-11-15(20)12-7-8-12;/h4-6,9,12,15H,7-8,10-11,20H2,1-3H3,(H,21,24);1H. The van der Waals surface area contributed by atoms with Crippen LogP contribution in [0.25, 0.3) is 11.4 Å². The topological polar surface area (TPSA) is 94.0 Å². The van der Waals surface area contributed by atoms with Crippen LogP contribution in [-0.2, 0) is 6.42 Å². The summed E-state index contributed by atoms with van der Waals surface area (Å²) in [5.41, 5.74) is 7.45. The molecule has 2 aromatic rings. The van der Waals surface area contributed by atoms with Crippen molar-refractivity contribution >= 4 is 18.3 Å². The third-order valence-electron chi connectivity index (χ3n) is 4.26. The minimum absolute atomic E-state index is 0. The minimum Gasteiger partial charge on any atom is -0.350 e. The van der Waals surface area contributed by atoms with Gasteiger partial charge in [0.25, 0.3) is 5.91 Å². The van der Waals surface area contributed by atoms with Crippen LogP contribution in [0.3, 0.4) is 0 Å². The van der Waals surface area contributed by atoms with Gasteiger partial charge in [-0.15, -0.1) is 12.4 Å². The van der Waals surface area contributed by atoms with E-state index in [2.05, 4.69) is 36.2 Å². The molecule has 3 N–H and O–H groups in total. The average molecular weight is 379 g/mol. The van der Waals surface area contributed by atoms with Crippen LogP contribution in [0.5, 0.6) is 0 Å². The molecule has 0 radical (unpaired) electrons. The van der Waals surface area contributed by atoms with E-state index >= 15 is 0 Å². The molecule has 26 heavy (non-hydrogen) atoms. The molecule has 1 atom stereocenters. The van der Waals surface area contributed by atoms with Gasteiger partial charge in [-0.05, 0) is 36.3 Å². The highest BCUT2D eigenvalue weighted by Gasteiger charge is 2.28. The zero-order valence-electron chi connectivity index (χ0n) is 15.5. The molecule has 1 heterocycles. The van der Waals surface area contributed by atoms with Crippen molar-refractivity contribution in [1.29, 1.82) is 0 Å². The van der Waals surface area contributed by atoms with Crippen molar-refractivity contribution in [1.82, 2.24) is 15.5 Å². The zero-order valence-corrected chi connectivity index (χ0v) is 16.3. The maximum Gasteiger partial charge on any atom is 0.251 e. The number of rotatable bonds is 6. The minimum atomic E-state index is -0.128. The fraction of sp³-hybridized carbons (Fsp3) is 0.526. The van der Waals surface area contributed by atoms with Gasteiger partial charge in [0, 0.05) is 30.1 Å². The van der Waals surface area contributed by atoms with Crippen molar-refractivity contribution in [3.05, 3.63) is 35.7 Å². The predicted octanol–water partition coefficient (Wildman–Crippen LogP) is 3.21. The number of hydrogen-bond acceptors (Lipinski definition) is 5. The Balaban J connectivity index is 0.00000243. The van der Waals surface area contributed by atoms with Crippen molar-refractivity contribution in [3.8, 4) is 11.4 Å². The SMILES string of the molecule is CC(C)(C)Cc1nc(-c2cccc(C(=O)NCC(N)C3CC3)c2)no1.Cl. The van der Waals surface area contributed by atoms with Crippen LogP contribution in [0, 0.1) is 11.3 Å². The first kappa shape index (κ1) is 20.4. The first-order chi connectivity index (χ1) is 11.8. The predicted molar refractivity (Wildman–Crippen MR) is 103 cm³/mol. The maximum atomic E-state index is 12.3. The van der Waals surface area contributed by atoms with E-state index in [0.717, 1.165) is 5.56 Å². The lowest BCUT2D eigenvalue weighted by atomic mass is 9.92. The molecule has 1 fully saturated rings. The normalized spacial score (nSPS) is 15.2. The summed E-state index contributed by atoms with van der Waals surface area (Å²) in [4.78, 5) is 16.8. The molecule has 1 aromatic heterocycles. The van der Waals surface area contributed by atoms with Gasteiger partial charge in [0.1, 0.15) is 0 Å². The lowest BCUT2D eigenvalue weighted by Crippen LogP contribution is -2.38. The number of benzene rings is 1. The van der Waals surface area contributed by atoms with Crippen LogP contribution in [0.4, 0.5) is 0 Å². The second-order valence-electron chi connectivity index (χ2n) is 8.04. The molecule has 0 saturated heterocycles. The number of nitrogens with zero attached hydrogens (tertiary/aromatic N) is 2. The number of amides is 1. The van der Waals surface area contributed by atoms with Crippen molar-refractivity contribution in [3.63, 3.8) is 0 Å². The molecule has 142 valence electrons. The fourth-order valence-corrected chi connectivity index (χ4v) is 2.70. The van der Waals surface area contributed by atoms with Crippen LogP contribution in [0.2, 0.25) is 0 Å². The van der Waals surface area contributed by atoms with Crippen LogP contribution in [0.15, 0.2) is 28.8 Å². The van der Waals surface area contributed by atoms with Gasteiger partial charge in [-0.25, -0.2) is 0 Å². The number of carbonyl (C=O) groups excluding carboxylic acids is 1. The summed E-state index contributed by atoms with van der Waals surface area (Å²) in [5, 5.41) is 6.95. The lowest BCUT2D eigenvalue weighted by Gasteiger charge is -2.13. The van der Waals surface area contributed by atoms with E-state index in [1.807, 2.05) is 12.1 Å². The number of nitrogens with two attached hydrogens (primary N) is 1. The highest BCUT2D eigenvalue weighted by atomic mass is 35.5. The summed E-state index contributed by atoms with van der Waals surface area (Å²) < 4.78 is 5.33. The number of aromatic nitrogens is 2. The largest absolute Gasteiger partial charge is 0.350 e. The molecule has 1 amide bonds. The second kappa shape index (κ2) is 8.18. The summed E-state index contributed by atoms with van der Waals surface area (Å²) in [7, 11) is 0. The molecular weight excluding hydrogens is 352 g/mol. The zero-order chi connectivity index (χ0) is 18.0. The molecule has 6 nitrogen and oxygen atoms in total. The first-order valence-corrected chi connectivity index (χ1v) is 8.79. The third-order valence-corrected chi connectivity index (χ3v) is 4.26. The van der Waals surface area contributed by atoms with Gasteiger partial charge >= 0.3 is 0 Å². The summed E-state index contributed by atoms with van der Waals surface area (Å²) in [6.07, 6.45) is 3.04. The van der Waals surface area contributed by atoms with Crippen molar-refractivity contribution in [2.75, 3.05) is 6.54 Å². The first-order valence-electron chi connectivity index (χ1n) is 8.79. The molecule has 1 unspecified atom stereocenters. The van der Waals surface area contributed by atoms with E-state index in [0.29, 0.717) is 36.2 Å². The summed E-state index contributed by atoms with van der Waals surface area (Å²) in [6.45, 7) is 6.86. The van der Waals surface area contributed by atoms with Crippen molar-refractivity contribution < 1.29 is 9.32 Å². The summed E-state index contributed by atoms with van der Waals surface area (Å²) >= 11 is 0. The lowest BCUT2D eigenvalue weighted by molar-refractivity contribution is 0.0950. The molecule has 0 aliphatic heterocycles. The van der Waals surface area contributed by atoms with Crippen molar-refractivity contribution in [2.24, 2.45) is 17.1 Å². The number of halogens is 1. The van der Waals surface area contributed by atoms with E-state index in [9.17, 15) is 4.79 Å². The van der Waals surface area contributed by atoms with Crippen LogP contribution < -0.4 is 11.1 Å². The van der Waals surface area contributed by atoms with Gasteiger partial charge in [-0.1, -0.05) is 38.1 Å². The van der Waals surface area contributed by atoms with E-state index in [1.54, 1.807) is 12.1 Å². The average Bonchev–Trinajstić information content (AvgIpc) is 3.31. The Kier molecular flexibility index (Phi) is 6.42. The van der Waals surface area contributed by atoms with Gasteiger partial charge in [0.15, 0.2) is 0 Å². The Hall–Kier alpha value is -1.92. The molecule has 7 heteroatoms. The molecule has 1 saturated carbocycles. The molecule has 0 spiro atoms. The molecule has 1 aromatic carbocycles. The molecular formula is C19H27ClN4O2. The number of carbonyl (C=O) groups is 1. The fourth-order valence-electron chi connectivity index (χ4n) is 2.70. The van der Waals surface area contributed by atoms with E-state index in [-0.39, 0.29) is 29.8 Å². The van der Waals surface area contributed by atoms with Gasteiger partial charge in [-0.3, -0.25) is 4.79 Å². The molecule has 1 aliphatic rings.